The van der Waals surface area contributed by atoms with Crippen LogP contribution in [0.3, 0.4) is 0 Å². The summed E-state index contributed by atoms with van der Waals surface area (Å²) in [7, 11) is 3.58. The molecule has 0 amide bonds. The summed E-state index contributed by atoms with van der Waals surface area (Å²) < 4.78 is 6.89. The van der Waals surface area contributed by atoms with Crippen LogP contribution in [0.25, 0.3) is 0 Å². The van der Waals surface area contributed by atoms with E-state index in [0.29, 0.717) is 0 Å². The Kier molecular flexibility index (Phi) is 5.37. The van der Waals surface area contributed by atoms with Crippen molar-refractivity contribution in [3.05, 3.63) is 11.9 Å². The second-order valence-electron chi connectivity index (χ2n) is 4.07. The summed E-state index contributed by atoms with van der Waals surface area (Å²) in [6.07, 6.45) is 4.90. The second kappa shape index (κ2) is 6.57. The Morgan fingerprint density at radius 2 is 2.31 bits per heavy atom. The summed E-state index contributed by atoms with van der Waals surface area (Å²) in [6, 6.07) is 0.217. The zero-order valence-electron chi connectivity index (χ0n) is 10.2. The van der Waals surface area contributed by atoms with E-state index in [1.165, 1.54) is 0 Å². The molecule has 1 rings (SSSR count). The molecule has 0 radical (unpaired) electrons. The highest BCUT2D eigenvalue weighted by Gasteiger charge is 2.11. The normalized spacial score (nSPS) is 15.0. The van der Waals surface area contributed by atoms with Gasteiger partial charge in [-0.25, -0.2) is 0 Å². The Morgan fingerprint density at radius 1 is 1.56 bits per heavy atom. The molecule has 0 bridgehead atoms. The highest BCUT2D eigenvalue weighted by atomic mass is 16.5. The molecule has 6 heteroatoms. The lowest BCUT2D eigenvalue weighted by molar-refractivity contribution is 0.106. The van der Waals surface area contributed by atoms with Crippen molar-refractivity contribution in [3.63, 3.8) is 0 Å². The number of aryl methyl sites for hydroxylation is 1. The average Bonchev–Trinajstić information content (AvgIpc) is 2.69. The maximum atomic E-state index is 5.51. The van der Waals surface area contributed by atoms with Crippen LogP contribution in [-0.2, 0) is 18.2 Å². The third kappa shape index (κ3) is 4.26. The maximum absolute atomic E-state index is 5.51. The molecule has 2 unspecified atom stereocenters. The van der Waals surface area contributed by atoms with E-state index in [1.807, 2.05) is 13.2 Å². The summed E-state index contributed by atoms with van der Waals surface area (Å²) in [4.78, 5) is 0. The first-order valence-electron chi connectivity index (χ1n) is 5.49. The first kappa shape index (κ1) is 13.1. The number of hydrazine groups is 1. The molecule has 16 heavy (non-hydrogen) atoms. The fourth-order valence-corrected chi connectivity index (χ4v) is 1.54. The number of nitrogens with zero attached hydrogens (tertiary/aromatic N) is 3. The molecule has 0 saturated heterocycles. The third-order valence-corrected chi connectivity index (χ3v) is 2.67. The number of hydrogen-bond donors (Lipinski definition) is 2. The Bertz CT molecular complexity index is 301. The summed E-state index contributed by atoms with van der Waals surface area (Å²) in [5, 5.41) is 7.93. The zero-order chi connectivity index (χ0) is 12.0. The lowest BCUT2D eigenvalue weighted by Gasteiger charge is -2.16. The standard InChI is InChI=1S/C10H21N5O/c1-8(16-3)4-5-9(12-11)6-10-7-15(2)14-13-10/h7-9,12H,4-6,11H2,1-3H3. The van der Waals surface area contributed by atoms with E-state index in [-0.39, 0.29) is 12.1 Å². The van der Waals surface area contributed by atoms with Gasteiger partial charge in [0.05, 0.1) is 11.8 Å². The molecule has 0 spiro atoms. The molecule has 6 nitrogen and oxygen atoms in total. The van der Waals surface area contributed by atoms with Gasteiger partial charge in [-0.2, -0.15) is 0 Å². The molecule has 0 aliphatic carbocycles. The number of aromatic nitrogens is 3. The number of nitrogens with two attached hydrogens (primary N) is 1. The Morgan fingerprint density at radius 3 is 2.81 bits per heavy atom. The molecule has 0 saturated carbocycles. The van der Waals surface area contributed by atoms with Crippen molar-refractivity contribution in [2.45, 2.75) is 38.3 Å². The number of hydrogen-bond acceptors (Lipinski definition) is 5. The largest absolute Gasteiger partial charge is 0.382 e. The number of methoxy groups -OCH3 is 1. The summed E-state index contributed by atoms with van der Waals surface area (Å²) in [5.41, 5.74) is 3.76. The topological polar surface area (TPSA) is 78.0 Å². The predicted molar refractivity (Wildman–Crippen MR) is 61.5 cm³/mol. The van der Waals surface area contributed by atoms with Gasteiger partial charge in [-0.05, 0) is 19.8 Å². The van der Waals surface area contributed by atoms with Crippen LogP contribution in [-0.4, -0.2) is 34.2 Å². The van der Waals surface area contributed by atoms with E-state index in [4.69, 9.17) is 10.6 Å². The molecule has 92 valence electrons. The van der Waals surface area contributed by atoms with Crippen molar-refractivity contribution < 1.29 is 4.74 Å². The number of ether oxygens (including phenoxy) is 1. The SMILES string of the molecule is COC(C)CCC(Cc1cn(C)nn1)NN. The van der Waals surface area contributed by atoms with Crippen molar-refractivity contribution in [1.29, 1.82) is 0 Å². The van der Waals surface area contributed by atoms with Gasteiger partial charge in [0.25, 0.3) is 0 Å². The first-order valence-corrected chi connectivity index (χ1v) is 5.49. The van der Waals surface area contributed by atoms with Gasteiger partial charge >= 0.3 is 0 Å². The minimum absolute atomic E-state index is 0.217. The van der Waals surface area contributed by atoms with Crippen LogP contribution in [0.1, 0.15) is 25.5 Å². The third-order valence-electron chi connectivity index (χ3n) is 2.67. The molecule has 1 heterocycles. The Balaban J connectivity index is 2.37. The summed E-state index contributed by atoms with van der Waals surface area (Å²) in [5.74, 6) is 5.51. The van der Waals surface area contributed by atoms with Crippen LogP contribution in [0.2, 0.25) is 0 Å². The highest BCUT2D eigenvalue weighted by molar-refractivity contribution is 4.95. The molecule has 0 aromatic carbocycles. The van der Waals surface area contributed by atoms with Gasteiger partial charge in [0.1, 0.15) is 0 Å². The number of rotatable bonds is 7. The summed E-state index contributed by atoms with van der Waals surface area (Å²) >= 11 is 0. The van der Waals surface area contributed by atoms with E-state index < -0.39 is 0 Å². The van der Waals surface area contributed by atoms with Gasteiger partial charge in [-0.15, -0.1) is 5.10 Å². The van der Waals surface area contributed by atoms with Crippen LogP contribution in [0.4, 0.5) is 0 Å². The van der Waals surface area contributed by atoms with Crippen molar-refractivity contribution in [2.24, 2.45) is 12.9 Å². The molecular formula is C10H21N5O. The van der Waals surface area contributed by atoms with Gasteiger partial charge in [0.15, 0.2) is 0 Å². The van der Waals surface area contributed by atoms with Gasteiger partial charge in [0.2, 0.25) is 0 Å². The molecule has 1 aromatic heterocycles. The van der Waals surface area contributed by atoms with Crippen molar-refractivity contribution in [1.82, 2.24) is 20.4 Å². The van der Waals surface area contributed by atoms with Gasteiger partial charge in [-0.3, -0.25) is 16.0 Å². The van der Waals surface area contributed by atoms with Crippen molar-refractivity contribution in [3.8, 4) is 0 Å². The van der Waals surface area contributed by atoms with E-state index in [1.54, 1.807) is 11.8 Å². The first-order chi connectivity index (χ1) is 7.65. The number of nitrogens with one attached hydrogen (secondary N) is 1. The quantitative estimate of drug-likeness (QED) is 0.506. The van der Waals surface area contributed by atoms with Crippen LogP contribution >= 0.6 is 0 Å². The smallest absolute Gasteiger partial charge is 0.0843 e. The van der Waals surface area contributed by atoms with Crippen molar-refractivity contribution >= 4 is 0 Å². The van der Waals surface area contributed by atoms with E-state index in [0.717, 1.165) is 25.0 Å². The van der Waals surface area contributed by atoms with Crippen molar-refractivity contribution in [2.75, 3.05) is 7.11 Å². The fraction of sp³-hybridized carbons (Fsp3) is 0.800. The molecule has 0 fully saturated rings. The molecule has 0 aliphatic rings. The van der Waals surface area contributed by atoms with Crippen LogP contribution in [0, 0.1) is 0 Å². The fourth-order valence-electron chi connectivity index (χ4n) is 1.54. The minimum Gasteiger partial charge on any atom is -0.382 e. The lowest BCUT2D eigenvalue weighted by Crippen LogP contribution is -2.37. The maximum Gasteiger partial charge on any atom is 0.0843 e. The summed E-state index contributed by atoms with van der Waals surface area (Å²) in [6.45, 7) is 2.05. The van der Waals surface area contributed by atoms with Gasteiger partial charge < -0.3 is 4.74 Å². The van der Waals surface area contributed by atoms with E-state index in [2.05, 4.69) is 22.7 Å². The van der Waals surface area contributed by atoms with Gasteiger partial charge in [-0.1, -0.05) is 5.21 Å². The molecule has 0 aliphatic heterocycles. The van der Waals surface area contributed by atoms with Gasteiger partial charge in [0, 0.05) is 32.8 Å². The molecule has 3 N–H and O–H groups in total. The van der Waals surface area contributed by atoms with Crippen LogP contribution in [0.15, 0.2) is 6.20 Å². The Hall–Kier alpha value is -0.980. The molecular weight excluding hydrogens is 206 g/mol. The highest BCUT2D eigenvalue weighted by Crippen LogP contribution is 2.07. The van der Waals surface area contributed by atoms with Crippen LogP contribution in [0.5, 0.6) is 0 Å². The van der Waals surface area contributed by atoms with E-state index >= 15 is 0 Å². The predicted octanol–water partition coefficient (Wildman–Crippen LogP) is 0.00460. The Labute approximate surface area is 96.1 Å². The monoisotopic (exact) mass is 227 g/mol. The molecule has 2 atom stereocenters. The second-order valence-corrected chi connectivity index (χ2v) is 4.07. The zero-order valence-corrected chi connectivity index (χ0v) is 10.2. The van der Waals surface area contributed by atoms with Crippen LogP contribution < -0.4 is 11.3 Å². The van der Waals surface area contributed by atoms with E-state index in [9.17, 15) is 0 Å². The lowest BCUT2D eigenvalue weighted by atomic mass is 10.0. The molecule has 1 aromatic rings. The average molecular weight is 227 g/mol. The minimum atomic E-state index is 0.217.